The maximum absolute atomic E-state index is 12.8. The quantitative estimate of drug-likeness (QED) is 0.376. The smallest absolute Gasteiger partial charge is 0.342 e. The highest BCUT2D eigenvalue weighted by atomic mass is 35.5. The number of amidine groups is 1. The SMILES string of the molecule is CCc1ccccc1N(CC(F)(F)F)C(C)NC(=N)Cl. The molecule has 0 aliphatic heterocycles. The number of nitrogens with zero attached hydrogens (tertiary/aromatic N) is 1. The van der Waals surface area contributed by atoms with Gasteiger partial charge in [-0.1, -0.05) is 25.1 Å². The Morgan fingerprint density at radius 1 is 1.40 bits per heavy atom. The van der Waals surface area contributed by atoms with Gasteiger partial charge in [0.25, 0.3) is 0 Å². The number of halogens is 4. The molecule has 0 heterocycles. The summed E-state index contributed by atoms with van der Waals surface area (Å²) < 4.78 is 38.3. The van der Waals surface area contributed by atoms with Crippen LogP contribution in [-0.4, -0.2) is 24.2 Å². The number of benzene rings is 1. The van der Waals surface area contributed by atoms with Gasteiger partial charge in [-0.3, -0.25) is 5.41 Å². The van der Waals surface area contributed by atoms with Crippen molar-refractivity contribution in [3.8, 4) is 0 Å². The summed E-state index contributed by atoms with van der Waals surface area (Å²) in [4.78, 5) is 1.16. The molecule has 0 amide bonds. The fraction of sp³-hybridized carbons (Fsp3) is 0.462. The summed E-state index contributed by atoms with van der Waals surface area (Å²) >= 11 is 5.41. The van der Waals surface area contributed by atoms with Crippen molar-refractivity contribution in [1.29, 1.82) is 5.41 Å². The van der Waals surface area contributed by atoms with Gasteiger partial charge in [0, 0.05) is 5.69 Å². The third-order valence-electron chi connectivity index (χ3n) is 2.83. The molecule has 0 saturated heterocycles. The van der Waals surface area contributed by atoms with E-state index in [-0.39, 0.29) is 0 Å². The zero-order chi connectivity index (χ0) is 15.3. The van der Waals surface area contributed by atoms with Gasteiger partial charge >= 0.3 is 6.18 Å². The summed E-state index contributed by atoms with van der Waals surface area (Å²) in [5, 5.41) is 9.26. The molecule has 0 radical (unpaired) electrons. The lowest BCUT2D eigenvalue weighted by Gasteiger charge is -2.33. The zero-order valence-corrected chi connectivity index (χ0v) is 12.0. The van der Waals surface area contributed by atoms with Crippen LogP contribution in [0.2, 0.25) is 0 Å². The normalized spacial score (nSPS) is 12.9. The van der Waals surface area contributed by atoms with Crippen molar-refractivity contribution in [1.82, 2.24) is 5.32 Å². The van der Waals surface area contributed by atoms with E-state index in [0.29, 0.717) is 12.1 Å². The van der Waals surface area contributed by atoms with Crippen molar-refractivity contribution in [2.75, 3.05) is 11.4 Å². The van der Waals surface area contributed by atoms with Gasteiger partial charge in [0.2, 0.25) is 0 Å². The van der Waals surface area contributed by atoms with Crippen molar-refractivity contribution in [2.45, 2.75) is 32.6 Å². The zero-order valence-electron chi connectivity index (χ0n) is 11.3. The van der Waals surface area contributed by atoms with Crippen LogP contribution in [-0.2, 0) is 6.42 Å². The number of aryl methyl sites for hydroxylation is 1. The van der Waals surface area contributed by atoms with Crippen LogP contribution >= 0.6 is 11.6 Å². The highest BCUT2D eigenvalue weighted by molar-refractivity contribution is 6.63. The minimum Gasteiger partial charge on any atom is -0.342 e. The van der Waals surface area contributed by atoms with Crippen LogP contribution in [0.3, 0.4) is 0 Å². The Balaban J connectivity index is 3.12. The molecule has 0 fully saturated rings. The Hall–Kier alpha value is -1.43. The Kier molecular flexibility index (Phi) is 5.68. The number of anilines is 1. The van der Waals surface area contributed by atoms with Crippen LogP contribution in [0.1, 0.15) is 19.4 Å². The Morgan fingerprint density at radius 2 is 2.00 bits per heavy atom. The van der Waals surface area contributed by atoms with Gasteiger partial charge in [-0.15, -0.1) is 0 Å². The van der Waals surface area contributed by atoms with Crippen LogP contribution < -0.4 is 10.2 Å². The number of hydrogen-bond donors (Lipinski definition) is 2. The van der Waals surface area contributed by atoms with Crippen molar-refractivity contribution in [2.24, 2.45) is 0 Å². The van der Waals surface area contributed by atoms with E-state index in [0.717, 1.165) is 10.5 Å². The van der Waals surface area contributed by atoms with Crippen LogP contribution in [0.4, 0.5) is 18.9 Å². The molecule has 1 unspecified atom stereocenters. The second-order valence-electron chi connectivity index (χ2n) is 4.36. The fourth-order valence-corrected chi connectivity index (χ4v) is 2.13. The molecule has 3 nitrogen and oxygen atoms in total. The summed E-state index contributed by atoms with van der Waals surface area (Å²) in [6.45, 7) is 2.31. The fourth-order valence-electron chi connectivity index (χ4n) is 1.98. The first-order chi connectivity index (χ1) is 9.24. The molecule has 2 N–H and O–H groups in total. The summed E-state index contributed by atoms with van der Waals surface area (Å²) in [6, 6.07) is 6.91. The Bertz CT molecular complexity index is 462. The first-order valence-corrected chi connectivity index (χ1v) is 6.54. The first-order valence-electron chi connectivity index (χ1n) is 6.16. The summed E-state index contributed by atoms with van der Waals surface area (Å²) in [6.07, 6.45) is -4.46. The van der Waals surface area contributed by atoms with E-state index in [1.807, 2.05) is 6.92 Å². The van der Waals surface area contributed by atoms with E-state index in [2.05, 4.69) is 5.32 Å². The van der Waals surface area contributed by atoms with Crippen LogP contribution in [0, 0.1) is 5.41 Å². The number of nitrogens with one attached hydrogen (secondary N) is 2. The predicted molar refractivity (Wildman–Crippen MR) is 75.4 cm³/mol. The maximum Gasteiger partial charge on any atom is 0.405 e. The van der Waals surface area contributed by atoms with E-state index in [1.54, 1.807) is 24.3 Å². The molecule has 1 atom stereocenters. The summed E-state index contributed by atoms with van der Waals surface area (Å²) in [5.74, 6) is 0. The second-order valence-corrected chi connectivity index (χ2v) is 4.74. The minimum atomic E-state index is -4.34. The van der Waals surface area contributed by atoms with E-state index >= 15 is 0 Å². The van der Waals surface area contributed by atoms with Crippen molar-refractivity contribution < 1.29 is 13.2 Å². The van der Waals surface area contributed by atoms with Gasteiger partial charge in [0.05, 0.1) is 6.17 Å². The van der Waals surface area contributed by atoms with Crippen LogP contribution in [0.15, 0.2) is 24.3 Å². The molecular weight excluding hydrogens is 291 g/mol. The lowest BCUT2D eigenvalue weighted by molar-refractivity contribution is -0.120. The summed E-state index contributed by atoms with van der Waals surface area (Å²) in [5.41, 5.74) is 1.30. The molecule has 0 aromatic heterocycles. The topological polar surface area (TPSA) is 39.1 Å². The molecule has 0 aliphatic carbocycles. The second kappa shape index (κ2) is 6.83. The van der Waals surface area contributed by atoms with E-state index in [4.69, 9.17) is 17.0 Å². The molecule has 0 saturated carbocycles. The third-order valence-corrected chi connectivity index (χ3v) is 2.94. The number of alkyl halides is 3. The maximum atomic E-state index is 12.8. The Labute approximate surface area is 121 Å². The molecule has 0 bridgehead atoms. The lowest BCUT2D eigenvalue weighted by Crippen LogP contribution is -2.49. The van der Waals surface area contributed by atoms with Crippen LogP contribution in [0.5, 0.6) is 0 Å². The molecule has 1 aromatic carbocycles. The van der Waals surface area contributed by atoms with Crippen molar-refractivity contribution >= 4 is 22.6 Å². The molecule has 112 valence electrons. The van der Waals surface area contributed by atoms with Gasteiger partial charge in [0.15, 0.2) is 5.29 Å². The molecular formula is C13H17ClF3N3. The van der Waals surface area contributed by atoms with Gasteiger partial charge in [-0.05, 0) is 36.6 Å². The molecule has 0 spiro atoms. The minimum absolute atomic E-state index is 0.390. The largest absolute Gasteiger partial charge is 0.405 e. The van der Waals surface area contributed by atoms with Gasteiger partial charge in [-0.25, -0.2) is 0 Å². The van der Waals surface area contributed by atoms with Gasteiger partial charge in [0.1, 0.15) is 6.54 Å². The van der Waals surface area contributed by atoms with E-state index in [9.17, 15) is 13.2 Å². The number of hydrogen-bond acceptors (Lipinski definition) is 2. The highest BCUT2D eigenvalue weighted by Crippen LogP contribution is 2.27. The van der Waals surface area contributed by atoms with Crippen LogP contribution in [0.25, 0.3) is 0 Å². The lowest BCUT2D eigenvalue weighted by atomic mass is 10.1. The Morgan fingerprint density at radius 3 is 2.50 bits per heavy atom. The summed E-state index contributed by atoms with van der Waals surface area (Å²) in [7, 11) is 0. The molecule has 1 aromatic rings. The molecule has 1 rings (SSSR count). The van der Waals surface area contributed by atoms with Gasteiger partial charge in [-0.2, -0.15) is 13.2 Å². The third kappa shape index (κ3) is 4.92. The van der Waals surface area contributed by atoms with Gasteiger partial charge < -0.3 is 10.2 Å². The molecule has 20 heavy (non-hydrogen) atoms. The average Bonchev–Trinajstić information content (AvgIpc) is 2.34. The van der Waals surface area contributed by atoms with E-state index in [1.165, 1.54) is 6.92 Å². The average molecular weight is 308 g/mol. The standard InChI is InChI=1S/C13H17ClF3N3/c1-3-10-6-4-5-7-11(10)20(8-13(15,16)17)9(2)19-12(14)18/h4-7,9H,3,8H2,1-2H3,(H2,18,19). The first kappa shape index (κ1) is 16.6. The molecule has 0 aliphatic rings. The highest BCUT2D eigenvalue weighted by Gasteiger charge is 2.33. The van der Waals surface area contributed by atoms with Crippen molar-refractivity contribution in [3.63, 3.8) is 0 Å². The molecule has 7 heteroatoms. The number of rotatable bonds is 5. The predicted octanol–water partition coefficient (Wildman–Crippen LogP) is 3.73. The number of para-hydroxylation sites is 1. The van der Waals surface area contributed by atoms with E-state index < -0.39 is 24.2 Å². The van der Waals surface area contributed by atoms with Crippen molar-refractivity contribution in [3.05, 3.63) is 29.8 Å². The monoisotopic (exact) mass is 307 g/mol.